The molecule has 38 heavy (non-hydrogen) atoms. The van der Waals surface area contributed by atoms with Crippen LogP contribution < -0.4 is 10.6 Å². The second-order valence-corrected chi connectivity index (χ2v) is 11.0. The number of anilines is 1. The second-order valence-electron chi connectivity index (χ2n) is 9.99. The summed E-state index contributed by atoms with van der Waals surface area (Å²) in [5.74, 6) is 0.106. The van der Waals surface area contributed by atoms with E-state index in [0.29, 0.717) is 36.1 Å². The Bertz CT molecular complexity index is 1550. The fourth-order valence-corrected chi connectivity index (χ4v) is 6.66. The molecular formula is C32H30FN3OS. The zero-order valence-corrected chi connectivity index (χ0v) is 22.7. The molecule has 1 heterocycles. The number of rotatable bonds is 5. The van der Waals surface area contributed by atoms with Gasteiger partial charge in [-0.05, 0) is 85.7 Å². The number of nitrogens with two attached hydrogens (primary N) is 1. The molecule has 3 aromatic carbocycles. The summed E-state index contributed by atoms with van der Waals surface area (Å²) in [5.41, 5.74) is 14.4. The largest absolute Gasteiger partial charge is 0.384 e. The van der Waals surface area contributed by atoms with Crippen molar-refractivity contribution in [2.45, 2.75) is 56.6 Å². The van der Waals surface area contributed by atoms with Gasteiger partial charge >= 0.3 is 0 Å². The van der Waals surface area contributed by atoms with E-state index in [4.69, 9.17) is 5.73 Å². The number of hydrogen-bond acceptors (Lipinski definition) is 5. The first-order chi connectivity index (χ1) is 18.3. The van der Waals surface area contributed by atoms with Crippen molar-refractivity contribution in [2.24, 2.45) is 5.73 Å². The van der Waals surface area contributed by atoms with Gasteiger partial charge in [0.2, 0.25) is 0 Å². The van der Waals surface area contributed by atoms with E-state index in [1.54, 1.807) is 28.8 Å². The Hall–Kier alpha value is -3.82. The van der Waals surface area contributed by atoms with Crippen LogP contribution in [0, 0.1) is 37.9 Å². The van der Waals surface area contributed by atoms with E-state index in [1.165, 1.54) is 28.2 Å². The lowest BCUT2D eigenvalue weighted by Crippen LogP contribution is -2.39. The molecule has 0 bridgehead atoms. The van der Waals surface area contributed by atoms with Crippen molar-refractivity contribution in [3.05, 3.63) is 117 Å². The Kier molecular flexibility index (Phi) is 7.14. The number of benzene rings is 3. The molecule has 0 amide bonds. The van der Waals surface area contributed by atoms with Crippen LogP contribution in [0.2, 0.25) is 0 Å². The number of carbonyl (C=O) groups excluding carboxylic acids is 1. The van der Waals surface area contributed by atoms with Gasteiger partial charge in [0, 0.05) is 28.3 Å². The van der Waals surface area contributed by atoms with Crippen LogP contribution in [0.25, 0.3) is 0 Å². The molecule has 192 valence electrons. The smallest absolute Gasteiger partial charge is 0.161 e. The highest BCUT2D eigenvalue weighted by Crippen LogP contribution is 2.47. The highest BCUT2D eigenvalue weighted by atomic mass is 32.2. The molecule has 1 unspecified atom stereocenters. The molecule has 0 fully saturated rings. The molecule has 5 rings (SSSR count). The van der Waals surface area contributed by atoms with E-state index in [9.17, 15) is 14.4 Å². The quantitative estimate of drug-likeness (QED) is 0.354. The van der Waals surface area contributed by atoms with Gasteiger partial charge in [-0.2, -0.15) is 5.26 Å². The number of allylic oxidation sites excluding steroid dienone is 3. The summed E-state index contributed by atoms with van der Waals surface area (Å²) in [6, 6.07) is 21.1. The average molecular weight is 524 g/mol. The van der Waals surface area contributed by atoms with Crippen LogP contribution in [0.4, 0.5) is 10.1 Å². The molecule has 0 saturated carbocycles. The van der Waals surface area contributed by atoms with Gasteiger partial charge < -0.3 is 5.73 Å². The molecule has 4 nitrogen and oxygen atoms in total. The molecule has 1 aliphatic carbocycles. The Morgan fingerprint density at radius 3 is 2.55 bits per heavy atom. The van der Waals surface area contributed by atoms with Gasteiger partial charge in [-0.1, -0.05) is 36.4 Å². The van der Waals surface area contributed by atoms with Gasteiger partial charge in [-0.25, -0.2) is 4.39 Å². The second kappa shape index (κ2) is 10.5. The third-order valence-corrected chi connectivity index (χ3v) is 8.72. The SMILES string of the molecule is Cc1cc(C)c(C2C(C#N)=C(N)N(c3cccc(F)c3)C3=C2C(=O)CCC3)cc1CSc1ccccc1C. The topological polar surface area (TPSA) is 70.1 Å². The van der Waals surface area contributed by atoms with E-state index in [1.807, 2.05) is 19.1 Å². The van der Waals surface area contributed by atoms with Crippen LogP contribution in [0.15, 0.2) is 88.2 Å². The summed E-state index contributed by atoms with van der Waals surface area (Å²) in [7, 11) is 0. The predicted octanol–water partition coefficient (Wildman–Crippen LogP) is 7.35. The first kappa shape index (κ1) is 25.8. The minimum Gasteiger partial charge on any atom is -0.384 e. The summed E-state index contributed by atoms with van der Waals surface area (Å²) in [6.45, 7) is 6.23. The monoisotopic (exact) mass is 523 g/mol. The minimum absolute atomic E-state index is 0.0220. The Labute approximate surface area is 227 Å². The number of nitriles is 1. The fourth-order valence-electron chi connectivity index (χ4n) is 5.56. The molecule has 0 aromatic heterocycles. The Morgan fingerprint density at radius 1 is 1.03 bits per heavy atom. The number of ketones is 1. The lowest BCUT2D eigenvalue weighted by atomic mass is 9.74. The molecule has 1 aliphatic heterocycles. The average Bonchev–Trinajstić information content (AvgIpc) is 2.89. The van der Waals surface area contributed by atoms with Crippen LogP contribution in [0.5, 0.6) is 0 Å². The molecule has 0 saturated heterocycles. The van der Waals surface area contributed by atoms with Crippen molar-refractivity contribution in [1.82, 2.24) is 0 Å². The summed E-state index contributed by atoms with van der Waals surface area (Å²) >= 11 is 1.78. The van der Waals surface area contributed by atoms with Crippen molar-refractivity contribution < 1.29 is 9.18 Å². The summed E-state index contributed by atoms with van der Waals surface area (Å²) in [5, 5.41) is 10.4. The lowest BCUT2D eigenvalue weighted by Gasteiger charge is -2.40. The third kappa shape index (κ3) is 4.63. The zero-order valence-electron chi connectivity index (χ0n) is 21.8. The molecular weight excluding hydrogens is 493 g/mol. The van der Waals surface area contributed by atoms with E-state index in [-0.39, 0.29) is 11.6 Å². The number of halogens is 1. The first-order valence-corrected chi connectivity index (χ1v) is 13.8. The normalized spacial score (nSPS) is 17.5. The number of nitrogens with zero attached hydrogens (tertiary/aromatic N) is 2. The lowest BCUT2D eigenvalue weighted by molar-refractivity contribution is -0.116. The van der Waals surface area contributed by atoms with Crippen LogP contribution in [0.1, 0.15) is 53.0 Å². The molecule has 6 heteroatoms. The van der Waals surface area contributed by atoms with Gasteiger partial charge in [-0.3, -0.25) is 9.69 Å². The van der Waals surface area contributed by atoms with Crippen molar-refractivity contribution >= 4 is 23.2 Å². The van der Waals surface area contributed by atoms with E-state index < -0.39 is 11.7 Å². The fraction of sp³-hybridized carbons (Fsp3) is 0.250. The summed E-state index contributed by atoms with van der Waals surface area (Å²) in [4.78, 5) is 16.4. The zero-order chi connectivity index (χ0) is 27.0. The van der Waals surface area contributed by atoms with E-state index in [0.717, 1.165) is 28.1 Å². The molecule has 2 N–H and O–H groups in total. The maximum atomic E-state index is 14.2. The van der Waals surface area contributed by atoms with Crippen molar-refractivity contribution in [3.8, 4) is 6.07 Å². The Morgan fingerprint density at radius 2 is 1.82 bits per heavy atom. The number of Topliss-reactive ketones (excluding diaryl/α,β-unsaturated/α-hetero) is 1. The molecule has 2 aliphatic rings. The third-order valence-electron chi connectivity index (χ3n) is 7.49. The number of thioether (sulfide) groups is 1. The minimum atomic E-state index is -0.546. The number of carbonyl (C=O) groups is 1. The summed E-state index contributed by atoms with van der Waals surface area (Å²) < 4.78 is 14.2. The van der Waals surface area contributed by atoms with E-state index in [2.05, 4.69) is 44.2 Å². The maximum Gasteiger partial charge on any atom is 0.161 e. The number of hydrogen-bond donors (Lipinski definition) is 1. The van der Waals surface area contributed by atoms with Crippen molar-refractivity contribution in [3.63, 3.8) is 0 Å². The van der Waals surface area contributed by atoms with Gasteiger partial charge in [-0.15, -0.1) is 11.8 Å². The highest BCUT2D eigenvalue weighted by molar-refractivity contribution is 7.98. The van der Waals surface area contributed by atoms with Crippen molar-refractivity contribution in [2.75, 3.05) is 4.90 Å². The van der Waals surface area contributed by atoms with Crippen LogP contribution in [-0.2, 0) is 10.5 Å². The highest BCUT2D eigenvalue weighted by Gasteiger charge is 2.41. The van der Waals surface area contributed by atoms with E-state index >= 15 is 0 Å². The number of aryl methyl sites for hydroxylation is 3. The Balaban J connectivity index is 1.64. The van der Waals surface area contributed by atoms with Crippen LogP contribution in [-0.4, -0.2) is 5.78 Å². The summed E-state index contributed by atoms with van der Waals surface area (Å²) in [6.07, 6.45) is 1.75. The first-order valence-electron chi connectivity index (χ1n) is 12.8. The van der Waals surface area contributed by atoms with Gasteiger partial charge in [0.1, 0.15) is 11.6 Å². The standard InChI is InChI=1S/C32H30FN3OS/c1-19-8-4-5-13-29(19)38-18-22-15-25(21(3)14-20(22)2)30-26(17-34)32(35)36(24-10-6-9-23(33)16-24)27-11-7-12-28(37)31(27)30/h4-6,8-10,13-16,30H,7,11-12,18,35H2,1-3H3. The predicted molar refractivity (Wildman–Crippen MR) is 151 cm³/mol. The van der Waals surface area contributed by atoms with Gasteiger partial charge in [0.05, 0.1) is 23.2 Å². The molecule has 0 radical (unpaired) electrons. The van der Waals surface area contributed by atoms with Crippen LogP contribution in [0.3, 0.4) is 0 Å². The molecule has 0 spiro atoms. The molecule has 3 aromatic rings. The van der Waals surface area contributed by atoms with Crippen molar-refractivity contribution in [1.29, 1.82) is 5.26 Å². The molecule has 1 atom stereocenters. The van der Waals surface area contributed by atoms with Gasteiger partial charge in [0.15, 0.2) is 5.78 Å². The van der Waals surface area contributed by atoms with Crippen LogP contribution >= 0.6 is 11.8 Å². The van der Waals surface area contributed by atoms with Gasteiger partial charge in [0.25, 0.3) is 0 Å². The maximum absolute atomic E-state index is 14.2.